The Labute approximate surface area is 176 Å². The van der Waals surface area contributed by atoms with Gasteiger partial charge in [-0.25, -0.2) is 9.97 Å². The van der Waals surface area contributed by atoms with Crippen LogP contribution >= 0.6 is 11.3 Å². The number of aromatic nitrogens is 3. The van der Waals surface area contributed by atoms with Crippen molar-refractivity contribution in [2.75, 3.05) is 5.43 Å². The van der Waals surface area contributed by atoms with Crippen LogP contribution in [0.4, 0.5) is 5.82 Å². The molecule has 0 saturated carbocycles. The Morgan fingerprint density at radius 2 is 1.97 bits per heavy atom. The van der Waals surface area contributed by atoms with Gasteiger partial charge >= 0.3 is 0 Å². The average Bonchev–Trinajstić information content (AvgIpc) is 3.21. The van der Waals surface area contributed by atoms with Crippen molar-refractivity contribution in [1.82, 2.24) is 15.0 Å². The molecule has 0 aliphatic heterocycles. The molecule has 0 amide bonds. The van der Waals surface area contributed by atoms with Crippen LogP contribution in [0.5, 0.6) is 0 Å². The number of fused-ring (bicyclic) bond motifs is 2. The number of para-hydroxylation sites is 1. The van der Waals surface area contributed by atoms with Gasteiger partial charge in [-0.15, -0.1) is 11.3 Å². The molecule has 3 aromatic heterocycles. The fourth-order valence-corrected chi connectivity index (χ4v) is 4.37. The second-order valence-electron chi connectivity index (χ2n) is 6.88. The molecule has 0 fully saturated rings. The summed E-state index contributed by atoms with van der Waals surface area (Å²) in [5.74, 6) is 0.601. The number of aromatic amines is 1. The first-order chi connectivity index (χ1) is 14.7. The summed E-state index contributed by atoms with van der Waals surface area (Å²) in [7, 11) is 0. The lowest BCUT2D eigenvalue weighted by molar-refractivity contribution is 1.19. The number of thiophene rings is 1. The summed E-state index contributed by atoms with van der Waals surface area (Å²) in [4.78, 5) is 25.0. The lowest BCUT2D eigenvalue weighted by atomic mass is 10.1. The van der Waals surface area contributed by atoms with Crippen molar-refractivity contribution in [2.45, 2.75) is 6.92 Å². The van der Waals surface area contributed by atoms with Gasteiger partial charge in [0.25, 0.3) is 5.56 Å². The minimum absolute atomic E-state index is 0.185. The van der Waals surface area contributed by atoms with Crippen molar-refractivity contribution in [3.63, 3.8) is 0 Å². The van der Waals surface area contributed by atoms with Crippen molar-refractivity contribution >= 4 is 44.5 Å². The Morgan fingerprint density at radius 3 is 2.83 bits per heavy atom. The molecule has 0 spiro atoms. The molecule has 0 atom stereocenters. The first kappa shape index (κ1) is 18.2. The Bertz CT molecular complexity index is 1450. The highest BCUT2D eigenvalue weighted by Gasteiger charge is 2.12. The zero-order valence-electron chi connectivity index (χ0n) is 16.1. The van der Waals surface area contributed by atoms with Crippen molar-refractivity contribution < 1.29 is 0 Å². The van der Waals surface area contributed by atoms with Crippen LogP contribution in [0.1, 0.15) is 11.1 Å². The van der Waals surface area contributed by atoms with Gasteiger partial charge in [-0.05, 0) is 29.5 Å². The Hall–Kier alpha value is -3.84. The third-order valence-corrected chi connectivity index (χ3v) is 5.83. The number of aryl methyl sites for hydroxylation is 1. The highest BCUT2D eigenvalue weighted by molar-refractivity contribution is 7.17. The quantitative estimate of drug-likeness (QED) is 0.324. The number of hydrazone groups is 1. The van der Waals surface area contributed by atoms with Crippen molar-refractivity contribution in [2.24, 2.45) is 5.10 Å². The van der Waals surface area contributed by atoms with Crippen LogP contribution in [0, 0.1) is 6.92 Å². The predicted octanol–water partition coefficient (Wildman–Crippen LogP) is 4.95. The van der Waals surface area contributed by atoms with Gasteiger partial charge in [0.15, 0.2) is 5.82 Å². The van der Waals surface area contributed by atoms with Crippen LogP contribution < -0.4 is 11.0 Å². The molecule has 0 saturated heterocycles. The molecular weight excluding hydrogens is 394 g/mol. The fourth-order valence-electron chi connectivity index (χ4n) is 3.45. The van der Waals surface area contributed by atoms with Crippen LogP contribution in [0.2, 0.25) is 0 Å². The summed E-state index contributed by atoms with van der Waals surface area (Å²) in [6.07, 6.45) is 3.03. The number of hydrogen-bond donors (Lipinski definition) is 2. The molecule has 7 heteroatoms. The van der Waals surface area contributed by atoms with E-state index in [4.69, 9.17) is 0 Å². The molecule has 5 aromatic rings. The van der Waals surface area contributed by atoms with E-state index < -0.39 is 0 Å². The molecule has 146 valence electrons. The van der Waals surface area contributed by atoms with Crippen LogP contribution in [0.15, 0.2) is 76.2 Å². The van der Waals surface area contributed by atoms with Crippen molar-refractivity contribution in [3.8, 4) is 11.1 Å². The minimum atomic E-state index is -0.185. The van der Waals surface area contributed by atoms with Crippen LogP contribution in [-0.4, -0.2) is 21.2 Å². The number of rotatable bonds is 4. The van der Waals surface area contributed by atoms with Gasteiger partial charge in [-0.3, -0.25) is 10.2 Å². The van der Waals surface area contributed by atoms with Crippen LogP contribution in [-0.2, 0) is 0 Å². The van der Waals surface area contributed by atoms with E-state index >= 15 is 0 Å². The first-order valence-corrected chi connectivity index (χ1v) is 10.3. The summed E-state index contributed by atoms with van der Waals surface area (Å²) >= 11 is 1.56. The van der Waals surface area contributed by atoms with E-state index in [9.17, 15) is 4.79 Å². The van der Waals surface area contributed by atoms with Crippen LogP contribution in [0.25, 0.3) is 32.2 Å². The Kier molecular flexibility index (Phi) is 4.57. The third-order valence-electron chi connectivity index (χ3n) is 4.95. The van der Waals surface area contributed by atoms with Crippen LogP contribution in [0.3, 0.4) is 0 Å². The summed E-state index contributed by atoms with van der Waals surface area (Å²) in [6.45, 7) is 1.97. The lowest BCUT2D eigenvalue weighted by Gasteiger charge is -2.05. The Balaban J connectivity index is 1.51. The molecule has 0 aliphatic rings. The van der Waals surface area contributed by atoms with Gasteiger partial charge in [0, 0.05) is 10.9 Å². The topological polar surface area (TPSA) is 83.0 Å². The second-order valence-corrected chi connectivity index (χ2v) is 7.74. The normalized spacial score (nSPS) is 11.5. The monoisotopic (exact) mass is 411 g/mol. The summed E-state index contributed by atoms with van der Waals surface area (Å²) in [5.41, 5.74) is 7.29. The molecule has 0 radical (unpaired) electrons. The number of benzene rings is 2. The summed E-state index contributed by atoms with van der Waals surface area (Å²) in [6, 6.07) is 17.8. The molecule has 2 aromatic carbocycles. The number of H-pyrrole nitrogens is 1. The molecule has 5 rings (SSSR count). The molecule has 3 heterocycles. The van der Waals surface area contributed by atoms with E-state index in [1.54, 1.807) is 11.3 Å². The van der Waals surface area contributed by atoms with E-state index in [1.165, 1.54) is 12.5 Å². The number of nitrogens with zero attached hydrogens (tertiary/aromatic N) is 3. The standard InChI is InChI=1S/C23H17N5OS/c1-14-6-5-9-16-10-17(22(29)27-20(14)16)11-26-28-21-19-18(15-7-3-2-4-8-15)12-30-23(19)25-13-24-21/h2-13H,1H3,(H,27,29)(H,24,25,28)/b26-11+. The first-order valence-electron chi connectivity index (χ1n) is 9.40. The molecule has 0 unspecified atom stereocenters. The molecular formula is C23H17N5OS. The van der Waals surface area contributed by atoms with Gasteiger partial charge in [-0.1, -0.05) is 48.5 Å². The van der Waals surface area contributed by atoms with E-state index in [2.05, 4.69) is 43.0 Å². The Morgan fingerprint density at radius 1 is 1.10 bits per heavy atom. The highest BCUT2D eigenvalue weighted by atomic mass is 32.1. The SMILES string of the molecule is Cc1cccc2cc(/C=N/Nc3ncnc4scc(-c5ccccc5)c34)c(=O)[nH]c12. The van der Waals surface area contributed by atoms with Gasteiger partial charge in [-0.2, -0.15) is 5.10 Å². The van der Waals surface area contributed by atoms with Gasteiger partial charge < -0.3 is 4.98 Å². The maximum Gasteiger partial charge on any atom is 0.257 e. The van der Waals surface area contributed by atoms with E-state index in [-0.39, 0.29) is 5.56 Å². The average molecular weight is 411 g/mol. The number of hydrogen-bond acceptors (Lipinski definition) is 6. The van der Waals surface area contributed by atoms with Gasteiger partial charge in [0.05, 0.1) is 22.7 Å². The minimum Gasteiger partial charge on any atom is -0.321 e. The van der Waals surface area contributed by atoms with Gasteiger partial charge in [0.2, 0.25) is 0 Å². The highest BCUT2D eigenvalue weighted by Crippen LogP contribution is 2.36. The summed E-state index contributed by atoms with van der Waals surface area (Å²) in [5, 5.41) is 8.23. The molecule has 6 nitrogen and oxygen atoms in total. The summed E-state index contributed by atoms with van der Waals surface area (Å²) < 4.78 is 0. The molecule has 2 N–H and O–H groups in total. The molecule has 0 bridgehead atoms. The van der Waals surface area contributed by atoms with Crippen molar-refractivity contribution in [3.05, 3.63) is 87.8 Å². The third kappa shape index (κ3) is 3.25. The number of anilines is 1. The lowest BCUT2D eigenvalue weighted by Crippen LogP contribution is -2.12. The number of nitrogens with one attached hydrogen (secondary N) is 2. The zero-order valence-corrected chi connectivity index (χ0v) is 16.9. The number of pyridine rings is 1. The van der Waals surface area contributed by atoms with E-state index in [0.717, 1.165) is 37.8 Å². The maximum atomic E-state index is 12.4. The smallest absolute Gasteiger partial charge is 0.257 e. The molecule has 0 aliphatic carbocycles. The molecule has 30 heavy (non-hydrogen) atoms. The van der Waals surface area contributed by atoms with E-state index in [1.807, 2.05) is 49.4 Å². The fraction of sp³-hybridized carbons (Fsp3) is 0.0435. The zero-order chi connectivity index (χ0) is 20.5. The van der Waals surface area contributed by atoms with Gasteiger partial charge in [0.1, 0.15) is 11.2 Å². The van der Waals surface area contributed by atoms with E-state index in [0.29, 0.717) is 11.4 Å². The van der Waals surface area contributed by atoms with Crippen molar-refractivity contribution in [1.29, 1.82) is 0 Å². The largest absolute Gasteiger partial charge is 0.321 e. The predicted molar refractivity (Wildman–Crippen MR) is 123 cm³/mol. The maximum absolute atomic E-state index is 12.4. The second kappa shape index (κ2) is 7.53.